The molecule has 1 heterocycles. The van der Waals surface area contributed by atoms with Gasteiger partial charge in [0, 0.05) is 23.2 Å². The first-order chi connectivity index (χ1) is 10.8. The van der Waals surface area contributed by atoms with Crippen LogP contribution in [0.5, 0.6) is 11.5 Å². The number of rotatable bonds is 5. The lowest BCUT2D eigenvalue weighted by atomic mass is 10.1. The Morgan fingerprint density at radius 2 is 1.77 bits per heavy atom. The zero-order chi connectivity index (χ0) is 15.4. The fourth-order valence-electron chi connectivity index (χ4n) is 2.43. The van der Waals surface area contributed by atoms with Crippen molar-refractivity contribution >= 4 is 0 Å². The lowest BCUT2D eigenvalue weighted by Gasteiger charge is -2.09. The van der Waals surface area contributed by atoms with Crippen molar-refractivity contribution in [1.29, 1.82) is 0 Å². The van der Waals surface area contributed by atoms with Gasteiger partial charge in [-0.3, -0.25) is 5.10 Å². The van der Waals surface area contributed by atoms with Gasteiger partial charge in [-0.25, -0.2) is 0 Å². The normalized spacial score (nSPS) is 10.5. The van der Waals surface area contributed by atoms with Gasteiger partial charge >= 0.3 is 0 Å². The number of aromatic amines is 1. The molecule has 1 N–H and O–H groups in total. The summed E-state index contributed by atoms with van der Waals surface area (Å²) in [5, 5.41) is 7.48. The largest absolute Gasteiger partial charge is 0.497 e. The van der Waals surface area contributed by atoms with E-state index in [1.54, 1.807) is 14.2 Å². The molecular formula is C18H18N2O2. The average Bonchev–Trinajstić information content (AvgIpc) is 3.04. The van der Waals surface area contributed by atoms with Gasteiger partial charge in [0.05, 0.1) is 19.9 Å². The Labute approximate surface area is 129 Å². The zero-order valence-electron chi connectivity index (χ0n) is 12.7. The number of benzene rings is 2. The van der Waals surface area contributed by atoms with Crippen LogP contribution in [0.15, 0.2) is 54.6 Å². The summed E-state index contributed by atoms with van der Waals surface area (Å²) >= 11 is 0. The van der Waals surface area contributed by atoms with Gasteiger partial charge in [0.2, 0.25) is 0 Å². The van der Waals surface area contributed by atoms with E-state index in [0.717, 1.165) is 34.0 Å². The molecule has 0 aliphatic carbocycles. The molecule has 2 aromatic carbocycles. The number of H-pyrrole nitrogens is 1. The summed E-state index contributed by atoms with van der Waals surface area (Å²) in [6.45, 7) is 0. The Hall–Kier alpha value is -2.75. The molecular weight excluding hydrogens is 276 g/mol. The summed E-state index contributed by atoms with van der Waals surface area (Å²) in [6.07, 6.45) is 0.709. The molecule has 22 heavy (non-hydrogen) atoms. The van der Waals surface area contributed by atoms with E-state index in [2.05, 4.69) is 16.3 Å². The number of ether oxygens (including phenoxy) is 2. The van der Waals surface area contributed by atoms with Gasteiger partial charge < -0.3 is 9.47 Å². The van der Waals surface area contributed by atoms with Gasteiger partial charge in [-0.05, 0) is 24.3 Å². The van der Waals surface area contributed by atoms with E-state index in [4.69, 9.17) is 9.47 Å². The van der Waals surface area contributed by atoms with Crippen LogP contribution in [0.4, 0.5) is 0 Å². The van der Waals surface area contributed by atoms with E-state index < -0.39 is 0 Å². The highest BCUT2D eigenvalue weighted by atomic mass is 16.5. The fourth-order valence-corrected chi connectivity index (χ4v) is 2.43. The fraction of sp³-hybridized carbons (Fsp3) is 0.167. The second-order valence-corrected chi connectivity index (χ2v) is 5.00. The molecule has 0 spiro atoms. The molecule has 3 aromatic rings. The Morgan fingerprint density at radius 1 is 0.955 bits per heavy atom. The molecule has 0 aliphatic heterocycles. The quantitative estimate of drug-likeness (QED) is 0.780. The lowest BCUT2D eigenvalue weighted by Crippen LogP contribution is -1.95. The summed E-state index contributed by atoms with van der Waals surface area (Å²) in [4.78, 5) is 0. The average molecular weight is 294 g/mol. The first kappa shape index (κ1) is 14.2. The van der Waals surface area contributed by atoms with Crippen LogP contribution in [-0.4, -0.2) is 24.4 Å². The first-order valence-corrected chi connectivity index (χ1v) is 7.11. The number of aromatic nitrogens is 2. The van der Waals surface area contributed by atoms with Crippen LogP contribution in [0.2, 0.25) is 0 Å². The van der Waals surface area contributed by atoms with Crippen LogP contribution in [0, 0.1) is 0 Å². The molecule has 0 bridgehead atoms. The van der Waals surface area contributed by atoms with Crippen molar-refractivity contribution in [1.82, 2.24) is 10.2 Å². The van der Waals surface area contributed by atoms with E-state index in [0.29, 0.717) is 6.42 Å². The van der Waals surface area contributed by atoms with Crippen molar-refractivity contribution in [2.45, 2.75) is 6.42 Å². The summed E-state index contributed by atoms with van der Waals surface area (Å²) in [5.41, 5.74) is 4.13. The minimum absolute atomic E-state index is 0.709. The Balaban J connectivity index is 1.86. The molecule has 0 unspecified atom stereocenters. The molecule has 0 atom stereocenters. The molecule has 0 radical (unpaired) electrons. The van der Waals surface area contributed by atoms with E-state index in [1.807, 2.05) is 48.5 Å². The minimum Gasteiger partial charge on any atom is -0.497 e. The van der Waals surface area contributed by atoms with Gasteiger partial charge in [-0.15, -0.1) is 0 Å². The van der Waals surface area contributed by atoms with E-state index >= 15 is 0 Å². The molecule has 4 heteroatoms. The molecule has 0 fully saturated rings. The summed E-state index contributed by atoms with van der Waals surface area (Å²) < 4.78 is 10.7. The predicted octanol–water partition coefficient (Wildman–Crippen LogP) is 3.68. The topological polar surface area (TPSA) is 47.1 Å². The summed E-state index contributed by atoms with van der Waals surface area (Å²) in [7, 11) is 3.34. The number of nitrogens with one attached hydrogen (secondary N) is 1. The molecule has 4 nitrogen and oxygen atoms in total. The van der Waals surface area contributed by atoms with Gasteiger partial charge in [0.1, 0.15) is 11.5 Å². The third kappa shape index (κ3) is 2.96. The third-order valence-electron chi connectivity index (χ3n) is 3.57. The number of hydrogen-bond donors (Lipinski definition) is 1. The van der Waals surface area contributed by atoms with Crippen LogP contribution in [0.25, 0.3) is 11.3 Å². The van der Waals surface area contributed by atoms with Gasteiger partial charge in [0.25, 0.3) is 0 Å². The SMILES string of the molecule is COc1ccc(OC)c(Cc2cc(-c3ccccc3)n[nH]2)c1. The first-order valence-electron chi connectivity index (χ1n) is 7.11. The third-order valence-corrected chi connectivity index (χ3v) is 3.57. The Kier molecular flexibility index (Phi) is 4.10. The minimum atomic E-state index is 0.709. The van der Waals surface area contributed by atoms with Crippen molar-refractivity contribution in [2.24, 2.45) is 0 Å². The van der Waals surface area contributed by atoms with Crippen LogP contribution >= 0.6 is 0 Å². The van der Waals surface area contributed by atoms with Crippen molar-refractivity contribution < 1.29 is 9.47 Å². The standard InChI is InChI=1S/C18H18N2O2/c1-21-16-8-9-18(22-2)14(11-16)10-15-12-17(20-19-15)13-6-4-3-5-7-13/h3-9,11-12H,10H2,1-2H3,(H,19,20). The smallest absolute Gasteiger partial charge is 0.122 e. The Bertz CT molecular complexity index is 751. The highest BCUT2D eigenvalue weighted by Crippen LogP contribution is 2.27. The van der Waals surface area contributed by atoms with Crippen molar-refractivity contribution in [3.8, 4) is 22.8 Å². The molecule has 0 aliphatic rings. The maximum absolute atomic E-state index is 5.42. The second kappa shape index (κ2) is 6.35. The monoisotopic (exact) mass is 294 g/mol. The van der Waals surface area contributed by atoms with E-state index in [9.17, 15) is 0 Å². The highest BCUT2D eigenvalue weighted by Gasteiger charge is 2.09. The van der Waals surface area contributed by atoms with Crippen LogP contribution in [0.1, 0.15) is 11.3 Å². The predicted molar refractivity (Wildman–Crippen MR) is 86.4 cm³/mol. The molecule has 0 saturated carbocycles. The maximum Gasteiger partial charge on any atom is 0.122 e. The van der Waals surface area contributed by atoms with Crippen molar-refractivity contribution in [3.05, 3.63) is 65.9 Å². The van der Waals surface area contributed by atoms with E-state index in [1.165, 1.54) is 0 Å². The number of nitrogens with zero attached hydrogens (tertiary/aromatic N) is 1. The Morgan fingerprint density at radius 3 is 2.50 bits per heavy atom. The molecule has 3 rings (SSSR count). The number of methoxy groups -OCH3 is 2. The molecule has 112 valence electrons. The molecule has 1 aromatic heterocycles. The van der Waals surface area contributed by atoms with Crippen molar-refractivity contribution in [3.63, 3.8) is 0 Å². The van der Waals surface area contributed by atoms with Gasteiger partial charge in [-0.1, -0.05) is 30.3 Å². The van der Waals surface area contributed by atoms with Crippen LogP contribution < -0.4 is 9.47 Å². The van der Waals surface area contributed by atoms with Gasteiger partial charge in [0.15, 0.2) is 0 Å². The molecule has 0 amide bonds. The highest BCUT2D eigenvalue weighted by molar-refractivity contribution is 5.59. The zero-order valence-corrected chi connectivity index (χ0v) is 12.7. The van der Waals surface area contributed by atoms with Gasteiger partial charge in [-0.2, -0.15) is 5.10 Å². The summed E-state index contributed by atoms with van der Waals surface area (Å²) in [5.74, 6) is 1.66. The van der Waals surface area contributed by atoms with Crippen LogP contribution in [0.3, 0.4) is 0 Å². The number of hydrogen-bond acceptors (Lipinski definition) is 3. The lowest BCUT2D eigenvalue weighted by molar-refractivity contribution is 0.399. The van der Waals surface area contributed by atoms with Crippen LogP contribution in [-0.2, 0) is 6.42 Å². The second-order valence-electron chi connectivity index (χ2n) is 5.00. The van der Waals surface area contributed by atoms with Crippen molar-refractivity contribution in [2.75, 3.05) is 14.2 Å². The maximum atomic E-state index is 5.42. The summed E-state index contributed by atoms with van der Waals surface area (Å²) in [6, 6.07) is 18.0. The molecule has 0 saturated heterocycles. The van der Waals surface area contributed by atoms with E-state index in [-0.39, 0.29) is 0 Å².